The maximum Gasteiger partial charge on any atom is 0.117 e. The molecular weight excluding hydrogens is 232 g/mol. The van der Waals surface area contributed by atoms with Gasteiger partial charge in [0.15, 0.2) is 0 Å². The highest BCUT2D eigenvalue weighted by atomic mass is 15.1. The highest BCUT2D eigenvalue weighted by molar-refractivity contribution is 5.54. The molecule has 1 atom stereocenters. The van der Waals surface area contributed by atoms with E-state index in [1.165, 1.54) is 0 Å². The molecule has 1 rings (SSSR count). The molecule has 19 heavy (non-hydrogen) atoms. The van der Waals surface area contributed by atoms with Gasteiger partial charge in [-0.25, -0.2) is 0 Å². The van der Waals surface area contributed by atoms with Gasteiger partial charge < -0.3 is 4.90 Å². The van der Waals surface area contributed by atoms with Crippen LogP contribution in [0.2, 0.25) is 0 Å². The zero-order valence-corrected chi connectivity index (χ0v) is 12.2. The SMILES string of the molecule is C/C=C/C(/C=C(\C#N)N(C)c1ccccc1)C(C)C. The molecule has 100 valence electrons. The molecule has 0 bridgehead atoms. The van der Waals surface area contributed by atoms with Crippen LogP contribution < -0.4 is 4.90 Å². The summed E-state index contributed by atoms with van der Waals surface area (Å²) in [5, 5.41) is 9.37. The van der Waals surface area contributed by atoms with Gasteiger partial charge in [-0.15, -0.1) is 0 Å². The van der Waals surface area contributed by atoms with Crippen molar-refractivity contribution in [2.75, 3.05) is 11.9 Å². The summed E-state index contributed by atoms with van der Waals surface area (Å²) in [4.78, 5) is 1.93. The molecule has 0 saturated carbocycles. The number of nitrogens with zero attached hydrogens (tertiary/aromatic N) is 2. The van der Waals surface area contributed by atoms with Crippen LogP contribution in [0.1, 0.15) is 20.8 Å². The van der Waals surface area contributed by atoms with E-state index in [-0.39, 0.29) is 5.92 Å². The first-order valence-corrected chi connectivity index (χ1v) is 6.63. The molecule has 0 radical (unpaired) electrons. The van der Waals surface area contributed by atoms with Crippen LogP contribution in [-0.4, -0.2) is 7.05 Å². The van der Waals surface area contributed by atoms with E-state index in [1.807, 2.05) is 61.4 Å². The fourth-order valence-electron chi connectivity index (χ4n) is 1.89. The summed E-state index contributed by atoms with van der Waals surface area (Å²) in [7, 11) is 1.93. The molecule has 0 saturated heterocycles. The summed E-state index contributed by atoms with van der Waals surface area (Å²) in [6.07, 6.45) is 6.22. The Labute approximate surface area is 116 Å². The molecule has 0 amide bonds. The number of allylic oxidation sites excluding steroid dienone is 4. The summed E-state index contributed by atoms with van der Waals surface area (Å²) in [6.45, 7) is 6.34. The fraction of sp³-hybridized carbons (Fsp3) is 0.353. The van der Waals surface area contributed by atoms with Crippen molar-refractivity contribution in [3.8, 4) is 6.07 Å². The first kappa shape index (κ1) is 15.0. The van der Waals surface area contributed by atoms with Gasteiger partial charge in [0.25, 0.3) is 0 Å². The molecule has 0 aliphatic rings. The fourth-order valence-corrected chi connectivity index (χ4v) is 1.89. The summed E-state index contributed by atoms with van der Waals surface area (Å²) in [6, 6.07) is 12.2. The topological polar surface area (TPSA) is 27.0 Å². The first-order chi connectivity index (χ1) is 9.10. The Morgan fingerprint density at radius 3 is 2.37 bits per heavy atom. The third kappa shape index (κ3) is 4.30. The summed E-state index contributed by atoms with van der Waals surface area (Å²) in [5.41, 5.74) is 1.71. The Morgan fingerprint density at radius 2 is 1.89 bits per heavy atom. The van der Waals surface area contributed by atoms with Crippen LogP contribution >= 0.6 is 0 Å². The zero-order chi connectivity index (χ0) is 14.3. The number of para-hydroxylation sites is 1. The van der Waals surface area contributed by atoms with Crippen LogP contribution in [0.4, 0.5) is 5.69 Å². The smallest absolute Gasteiger partial charge is 0.117 e. The van der Waals surface area contributed by atoms with Crippen molar-refractivity contribution in [2.24, 2.45) is 11.8 Å². The van der Waals surface area contributed by atoms with Crippen molar-refractivity contribution < 1.29 is 0 Å². The van der Waals surface area contributed by atoms with Gasteiger partial charge in [0.2, 0.25) is 0 Å². The lowest BCUT2D eigenvalue weighted by Crippen LogP contribution is -2.17. The zero-order valence-electron chi connectivity index (χ0n) is 12.2. The van der Waals surface area contributed by atoms with E-state index in [0.29, 0.717) is 11.6 Å². The molecule has 2 heteroatoms. The van der Waals surface area contributed by atoms with Crippen LogP contribution in [0.5, 0.6) is 0 Å². The molecule has 0 aliphatic carbocycles. The summed E-state index contributed by atoms with van der Waals surface area (Å²) >= 11 is 0. The van der Waals surface area contributed by atoms with Crippen LogP contribution in [0.3, 0.4) is 0 Å². The molecule has 0 fully saturated rings. The van der Waals surface area contributed by atoms with E-state index in [1.54, 1.807) is 0 Å². The van der Waals surface area contributed by atoms with Gasteiger partial charge in [-0.2, -0.15) is 5.26 Å². The Hall–Kier alpha value is -2.01. The van der Waals surface area contributed by atoms with Gasteiger partial charge in [0, 0.05) is 18.7 Å². The lowest BCUT2D eigenvalue weighted by atomic mass is 9.94. The highest BCUT2D eigenvalue weighted by Gasteiger charge is 2.12. The second-order valence-electron chi connectivity index (χ2n) is 4.91. The minimum Gasteiger partial charge on any atom is -0.336 e. The molecule has 1 unspecified atom stereocenters. The van der Waals surface area contributed by atoms with E-state index in [9.17, 15) is 5.26 Å². The molecule has 0 heterocycles. The van der Waals surface area contributed by atoms with Gasteiger partial charge in [-0.3, -0.25) is 0 Å². The third-order valence-corrected chi connectivity index (χ3v) is 3.15. The number of hydrogen-bond donors (Lipinski definition) is 0. The normalized spacial score (nSPS) is 13.6. The van der Waals surface area contributed by atoms with Crippen molar-refractivity contribution >= 4 is 5.69 Å². The maximum absolute atomic E-state index is 9.37. The molecular formula is C17H22N2. The van der Waals surface area contributed by atoms with E-state index in [2.05, 4.69) is 26.0 Å². The van der Waals surface area contributed by atoms with E-state index in [0.717, 1.165) is 5.69 Å². The minimum atomic E-state index is 0.283. The average molecular weight is 254 g/mol. The van der Waals surface area contributed by atoms with Crippen molar-refractivity contribution in [2.45, 2.75) is 20.8 Å². The van der Waals surface area contributed by atoms with Gasteiger partial charge in [0.1, 0.15) is 11.8 Å². The number of benzene rings is 1. The Kier molecular flexibility index (Phi) is 5.89. The Balaban J connectivity index is 3.03. The number of nitriles is 1. The van der Waals surface area contributed by atoms with E-state index in [4.69, 9.17) is 0 Å². The number of rotatable bonds is 5. The first-order valence-electron chi connectivity index (χ1n) is 6.63. The Morgan fingerprint density at radius 1 is 1.26 bits per heavy atom. The van der Waals surface area contributed by atoms with Gasteiger partial charge in [0.05, 0.1) is 0 Å². The molecule has 0 spiro atoms. The minimum absolute atomic E-state index is 0.283. The van der Waals surface area contributed by atoms with Crippen LogP contribution in [0.25, 0.3) is 0 Å². The third-order valence-electron chi connectivity index (χ3n) is 3.15. The average Bonchev–Trinajstić information content (AvgIpc) is 2.43. The monoisotopic (exact) mass is 254 g/mol. The molecule has 2 nitrogen and oxygen atoms in total. The van der Waals surface area contributed by atoms with Crippen LogP contribution in [0, 0.1) is 23.2 Å². The highest BCUT2D eigenvalue weighted by Crippen LogP contribution is 2.21. The second kappa shape index (κ2) is 7.43. The molecule has 1 aromatic rings. The van der Waals surface area contributed by atoms with Crippen molar-refractivity contribution in [1.29, 1.82) is 5.26 Å². The maximum atomic E-state index is 9.37. The van der Waals surface area contributed by atoms with Crippen molar-refractivity contribution in [3.05, 3.63) is 54.3 Å². The lowest BCUT2D eigenvalue weighted by Gasteiger charge is -2.20. The molecule has 0 aliphatic heterocycles. The van der Waals surface area contributed by atoms with Gasteiger partial charge in [-0.1, -0.05) is 44.2 Å². The van der Waals surface area contributed by atoms with Gasteiger partial charge >= 0.3 is 0 Å². The lowest BCUT2D eigenvalue weighted by molar-refractivity contribution is 0.547. The summed E-state index contributed by atoms with van der Waals surface area (Å²) in [5.74, 6) is 0.759. The molecule has 0 N–H and O–H groups in total. The predicted octanol–water partition coefficient (Wildman–Crippen LogP) is 4.38. The quantitative estimate of drug-likeness (QED) is 0.576. The van der Waals surface area contributed by atoms with E-state index >= 15 is 0 Å². The largest absolute Gasteiger partial charge is 0.336 e. The van der Waals surface area contributed by atoms with Crippen molar-refractivity contribution in [3.63, 3.8) is 0 Å². The standard InChI is InChI=1S/C17H22N2/c1-5-9-15(14(2)3)12-17(13-18)19(4)16-10-7-6-8-11-16/h5-12,14-15H,1-4H3/b9-5+,17-12+. The predicted molar refractivity (Wildman–Crippen MR) is 81.7 cm³/mol. The van der Waals surface area contributed by atoms with E-state index < -0.39 is 0 Å². The second-order valence-corrected chi connectivity index (χ2v) is 4.91. The van der Waals surface area contributed by atoms with Crippen LogP contribution in [0.15, 0.2) is 54.3 Å². The van der Waals surface area contributed by atoms with Crippen molar-refractivity contribution in [1.82, 2.24) is 0 Å². The van der Waals surface area contributed by atoms with Crippen LogP contribution in [-0.2, 0) is 0 Å². The number of hydrogen-bond acceptors (Lipinski definition) is 2. The molecule has 1 aromatic carbocycles. The number of anilines is 1. The molecule has 0 aromatic heterocycles. The van der Waals surface area contributed by atoms with Gasteiger partial charge in [-0.05, 0) is 31.1 Å². The Bertz CT molecular complexity index is 478. The summed E-state index contributed by atoms with van der Waals surface area (Å²) < 4.78 is 0.